The molecule has 0 radical (unpaired) electrons. The molecule has 0 aromatic heterocycles. The van der Waals surface area contributed by atoms with Crippen molar-refractivity contribution in [3.8, 4) is 0 Å². The SMILES string of the molecule is CCCCCCCCCCCCCCCC(=O)OC(=O)C(N)CCC(=O)O.[NaH].[NaH]. The van der Waals surface area contributed by atoms with Crippen LogP contribution in [0, 0.1) is 0 Å². The molecule has 6 nitrogen and oxygen atoms in total. The van der Waals surface area contributed by atoms with Gasteiger partial charge in [0.1, 0.15) is 6.04 Å². The molecule has 0 spiro atoms. The number of carboxylic acid groups (broad SMARTS) is 1. The predicted molar refractivity (Wildman–Crippen MR) is 121 cm³/mol. The minimum absolute atomic E-state index is 0. The van der Waals surface area contributed by atoms with E-state index in [2.05, 4.69) is 11.7 Å². The Kier molecular flexibility index (Phi) is 29.3. The quantitative estimate of drug-likeness (QED) is 0.148. The van der Waals surface area contributed by atoms with Crippen molar-refractivity contribution < 1.29 is 24.2 Å². The maximum atomic E-state index is 11.6. The number of esters is 2. The van der Waals surface area contributed by atoms with Gasteiger partial charge in [0.05, 0.1) is 0 Å². The number of ether oxygens (including phenoxy) is 1. The van der Waals surface area contributed by atoms with Gasteiger partial charge in [-0.25, -0.2) is 4.79 Å². The standard InChI is InChI=1S/C21H39NO5.2Na.2H/c1-2-3-4-5-6-7-8-9-10-11-12-13-14-15-20(25)27-21(26)18(22)16-17-19(23)24;;;;/h18H,2-17,22H2,1H3,(H,23,24);;;;. The molecular weight excluding hydrogens is 392 g/mol. The molecule has 29 heavy (non-hydrogen) atoms. The molecule has 0 rings (SSSR count). The summed E-state index contributed by atoms with van der Waals surface area (Å²) in [4.78, 5) is 33.5. The Morgan fingerprint density at radius 3 is 1.59 bits per heavy atom. The topological polar surface area (TPSA) is 107 Å². The number of rotatable bonds is 18. The fourth-order valence-corrected chi connectivity index (χ4v) is 2.92. The number of carbonyl (C=O) groups excluding carboxylic acids is 2. The van der Waals surface area contributed by atoms with Gasteiger partial charge >= 0.3 is 77.0 Å². The zero-order chi connectivity index (χ0) is 20.3. The fraction of sp³-hybridized carbons (Fsp3) is 0.857. The van der Waals surface area contributed by atoms with Gasteiger partial charge in [-0.15, -0.1) is 0 Å². The summed E-state index contributed by atoms with van der Waals surface area (Å²) in [6, 6.07) is -1.06. The zero-order valence-corrected chi connectivity index (χ0v) is 17.0. The molecular formula is C21H41NNa2O5. The van der Waals surface area contributed by atoms with E-state index in [9.17, 15) is 14.4 Å². The normalized spacial score (nSPS) is 11.1. The Bertz CT molecular complexity index is 422. The van der Waals surface area contributed by atoms with Gasteiger partial charge < -0.3 is 15.6 Å². The van der Waals surface area contributed by atoms with Crippen LogP contribution in [0.1, 0.15) is 110 Å². The third-order valence-corrected chi connectivity index (χ3v) is 4.67. The molecule has 1 atom stereocenters. The summed E-state index contributed by atoms with van der Waals surface area (Å²) in [5.41, 5.74) is 5.50. The number of carboxylic acids is 1. The van der Waals surface area contributed by atoms with Gasteiger partial charge in [-0.1, -0.05) is 84.0 Å². The summed E-state index contributed by atoms with van der Waals surface area (Å²) in [5, 5.41) is 8.54. The van der Waals surface area contributed by atoms with E-state index < -0.39 is 23.9 Å². The second-order valence-corrected chi connectivity index (χ2v) is 7.32. The van der Waals surface area contributed by atoms with Crippen LogP contribution in [0.5, 0.6) is 0 Å². The summed E-state index contributed by atoms with van der Waals surface area (Å²) in [6.07, 6.45) is 15.9. The average Bonchev–Trinajstić information content (AvgIpc) is 2.63. The zero-order valence-electron chi connectivity index (χ0n) is 17.0. The van der Waals surface area contributed by atoms with Crippen molar-refractivity contribution in [3.05, 3.63) is 0 Å². The minimum atomic E-state index is -1.06. The van der Waals surface area contributed by atoms with Crippen LogP contribution in [0.3, 0.4) is 0 Å². The first kappa shape index (κ1) is 34.2. The molecule has 8 heteroatoms. The van der Waals surface area contributed by atoms with Crippen molar-refractivity contribution in [2.24, 2.45) is 5.73 Å². The van der Waals surface area contributed by atoms with Crippen LogP contribution in [0.15, 0.2) is 0 Å². The van der Waals surface area contributed by atoms with Crippen LogP contribution in [0.4, 0.5) is 0 Å². The molecule has 0 aliphatic carbocycles. The van der Waals surface area contributed by atoms with Crippen molar-refractivity contribution >= 4 is 77.0 Å². The van der Waals surface area contributed by atoms with E-state index in [1.54, 1.807) is 0 Å². The van der Waals surface area contributed by atoms with E-state index in [0.717, 1.165) is 12.8 Å². The Labute approximate surface area is 221 Å². The maximum absolute atomic E-state index is 11.6. The molecule has 1 unspecified atom stereocenters. The molecule has 0 bridgehead atoms. The molecule has 0 aliphatic heterocycles. The molecule has 0 saturated carbocycles. The van der Waals surface area contributed by atoms with E-state index >= 15 is 0 Å². The number of carbonyl (C=O) groups is 3. The summed E-state index contributed by atoms with van der Waals surface area (Å²) in [5.74, 6) is -2.44. The number of hydrogen-bond acceptors (Lipinski definition) is 5. The van der Waals surface area contributed by atoms with Crippen molar-refractivity contribution in [3.63, 3.8) is 0 Å². The first-order chi connectivity index (χ1) is 13.0. The van der Waals surface area contributed by atoms with Crippen LogP contribution >= 0.6 is 0 Å². The number of nitrogens with two attached hydrogens (primary N) is 1. The van der Waals surface area contributed by atoms with Gasteiger partial charge in [0.25, 0.3) is 0 Å². The molecule has 162 valence electrons. The van der Waals surface area contributed by atoms with E-state index in [1.807, 2.05) is 0 Å². The van der Waals surface area contributed by atoms with Crippen molar-refractivity contribution in [2.75, 3.05) is 0 Å². The molecule has 3 N–H and O–H groups in total. The summed E-state index contributed by atoms with van der Waals surface area (Å²) in [6.45, 7) is 2.24. The van der Waals surface area contributed by atoms with Crippen molar-refractivity contribution in [1.29, 1.82) is 0 Å². The summed E-state index contributed by atoms with van der Waals surface area (Å²) in [7, 11) is 0. The first-order valence-corrected chi connectivity index (χ1v) is 10.7. The molecule has 0 aliphatic rings. The summed E-state index contributed by atoms with van der Waals surface area (Å²) < 4.78 is 4.66. The summed E-state index contributed by atoms with van der Waals surface area (Å²) >= 11 is 0. The monoisotopic (exact) mass is 433 g/mol. The second-order valence-electron chi connectivity index (χ2n) is 7.32. The number of aliphatic carboxylic acids is 1. The van der Waals surface area contributed by atoms with Crippen LogP contribution in [0.25, 0.3) is 0 Å². The van der Waals surface area contributed by atoms with Crippen LogP contribution in [0.2, 0.25) is 0 Å². The van der Waals surface area contributed by atoms with Gasteiger partial charge in [0, 0.05) is 12.8 Å². The predicted octanol–water partition coefficient (Wildman–Crippen LogP) is 3.43. The van der Waals surface area contributed by atoms with Gasteiger partial charge in [0.2, 0.25) is 0 Å². The molecule has 0 fully saturated rings. The van der Waals surface area contributed by atoms with E-state index in [4.69, 9.17) is 10.8 Å². The molecule has 0 heterocycles. The molecule has 0 aromatic carbocycles. The van der Waals surface area contributed by atoms with Crippen LogP contribution in [-0.4, -0.2) is 88.2 Å². The van der Waals surface area contributed by atoms with Gasteiger partial charge in [-0.2, -0.15) is 0 Å². The van der Waals surface area contributed by atoms with Crippen molar-refractivity contribution in [1.82, 2.24) is 0 Å². The van der Waals surface area contributed by atoms with Gasteiger partial charge in [-0.3, -0.25) is 9.59 Å². The Hall–Kier alpha value is 0.570. The Morgan fingerprint density at radius 2 is 1.17 bits per heavy atom. The number of hydrogen-bond donors (Lipinski definition) is 2. The first-order valence-electron chi connectivity index (χ1n) is 10.7. The third kappa shape index (κ3) is 24.7. The van der Waals surface area contributed by atoms with Gasteiger partial charge in [-0.05, 0) is 12.8 Å². The van der Waals surface area contributed by atoms with E-state index in [-0.39, 0.29) is 78.4 Å². The van der Waals surface area contributed by atoms with E-state index in [1.165, 1.54) is 64.2 Å². The van der Waals surface area contributed by atoms with Crippen molar-refractivity contribution in [2.45, 2.75) is 116 Å². The molecule has 0 amide bonds. The second kappa shape index (κ2) is 24.8. The fourth-order valence-electron chi connectivity index (χ4n) is 2.92. The molecule has 0 aromatic rings. The Morgan fingerprint density at radius 1 is 0.759 bits per heavy atom. The van der Waals surface area contributed by atoms with Gasteiger partial charge in [0.15, 0.2) is 0 Å². The van der Waals surface area contributed by atoms with Crippen LogP contribution in [-0.2, 0) is 19.1 Å². The average molecular weight is 434 g/mol. The third-order valence-electron chi connectivity index (χ3n) is 4.67. The van der Waals surface area contributed by atoms with Crippen LogP contribution < -0.4 is 5.73 Å². The van der Waals surface area contributed by atoms with E-state index in [0.29, 0.717) is 6.42 Å². The molecule has 0 saturated heterocycles. The Balaban J connectivity index is -0.00000338. The number of unbranched alkanes of at least 4 members (excludes halogenated alkanes) is 12.